The van der Waals surface area contributed by atoms with Crippen LogP contribution >= 0.6 is 0 Å². The highest BCUT2D eigenvalue weighted by Crippen LogP contribution is 2.13. The number of rotatable bonds is 6. The number of carbonyl (C=O) groups excluding carboxylic acids is 2. The van der Waals surface area contributed by atoms with Crippen molar-refractivity contribution in [2.24, 2.45) is 0 Å². The minimum absolute atomic E-state index is 0.00467. The second kappa shape index (κ2) is 8.46. The lowest BCUT2D eigenvalue weighted by molar-refractivity contribution is -0.142. The number of carboxylic acid groups (broad SMARTS) is 1. The van der Waals surface area contributed by atoms with Crippen LogP contribution in [-0.2, 0) is 19.1 Å². The van der Waals surface area contributed by atoms with Gasteiger partial charge < -0.3 is 24.8 Å². The van der Waals surface area contributed by atoms with Gasteiger partial charge in [0.25, 0.3) is 0 Å². The average Bonchev–Trinajstić information content (AvgIpc) is 2.50. The van der Waals surface area contributed by atoms with Gasteiger partial charge in [-0.15, -0.1) is 0 Å². The van der Waals surface area contributed by atoms with Crippen LogP contribution in [0.3, 0.4) is 0 Å². The van der Waals surface area contributed by atoms with Gasteiger partial charge in [-0.2, -0.15) is 0 Å². The normalized spacial score (nSPS) is 19.7. The summed E-state index contributed by atoms with van der Waals surface area (Å²) in [6.45, 7) is 1.00. The van der Waals surface area contributed by atoms with Gasteiger partial charge in [-0.3, -0.25) is 4.79 Å². The molecule has 2 atom stereocenters. The molecule has 8 heteroatoms. The molecule has 0 aromatic heterocycles. The van der Waals surface area contributed by atoms with Crippen LogP contribution in [-0.4, -0.2) is 67.4 Å². The van der Waals surface area contributed by atoms with Gasteiger partial charge in [-0.25, -0.2) is 9.59 Å². The third-order valence-corrected chi connectivity index (χ3v) is 3.46. The van der Waals surface area contributed by atoms with Gasteiger partial charge in [0.1, 0.15) is 6.04 Å². The maximum atomic E-state index is 12.1. The number of likely N-dealkylation sites (tertiary alicyclic amines) is 1. The van der Waals surface area contributed by atoms with Gasteiger partial charge in [0.15, 0.2) is 0 Å². The zero-order valence-electron chi connectivity index (χ0n) is 12.3. The predicted molar refractivity (Wildman–Crippen MR) is 72.8 cm³/mol. The van der Waals surface area contributed by atoms with Gasteiger partial charge in [0.2, 0.25) is 0 Å². The molecule has 0 radical (unpaired) electrons. The van der Waals surface area contributed by atoms with Crippen molar-refractivity contribution in [2.45, 2.75) is 37.8 Å². The van der Waals surface area contributed by atoms with Gasteiger partial charge in [-0.05, 0) is 19.3 Å². The number of esters is 1. The van der Waals surface area contributed by atoms with Crippen molar-refractivity contribution in [3.63, 3.8) is 0 Å². The largest absolute Gasteiger partial charge is 0.480 e. The molecule has 1 unspecified atom stereocenters. The zero-order valence-corrected chi connectivity index (χ0v) is 12.3. The summed E-state index contributed by atoms with van der Waals surface area (Å²) in [6, 6.07) is -1.56. The Bertz CT molecular complexity index is 387. The molecular formula is C13H22N2O6. The molecule has 0 aromatic carbocycles. The van der Waals surface area contributed by atoms with Gasteiger partial charge >= 0.3 is 18.0 Å². The molecule has 21 heavy (non-hydrogen) atoms. The topological polar surface area (TPSA) is 105 Å². The summed E-state index contributed by atoms with van der Waals surface area (Å²) in [4.78, 5) is 35.8. The number of ether oxygens (including phenoxy) is 2. The van der Waals surface area contributed by atoms with E-state index in [1.165, 1.54) is 12.0 Å². The molecule has 0 bridgehead atoms. The molecule has 1 fully saturated rings. The molecule has 1 rings (SSSR count). The molecule has 0 spiro atoms. The van der Waals surface area contributed by atoms with Crippen LogP contribution in [0.4, 0.5) is 4.79 Å². The monoisotopic (exact) mass is 302 g/mol. The lowest BCUT2D eigenvalue weighted by Gasteiger charge is -2.32. The van der Waals surface area contributed by atoms with E-state index < -0.39 is 24.0 Å². The van der Waals surface area contributed by atoms with Crippen molar-refractivity contribution in [1.29, 1.82) is 0 Å². The zero-order chi connectivity index (χ0) is 15.8. The summed E-state index contributed by atoms with van der Waals surface area (Å²) in [7, 11) is 2.82. The Morgan fingerprint density at radius 2 is 2.10 bits per heavy atom. The van der Waals surface area contributed by atoms with Crippen molar-refractivity contribution in [2.75, 3.05) is 27.3 Å². The Kier molecular flexibility index (Phi) is 6.93. The van der Waals surface area contributed by atoms with E-state index in [0.29, 0.717) is 13.1 Å². The first-order valence-electron chi connectivity index (χ1n) is 6.85. The molecule has 2 N–H and O–H groups in total. The van der Waals surface area contributed by atoms with E-state index in [9.17, 15) is 14.4 Å². The van der Waals surface area contributed by atoms with Crippen LogP contribution in [0.25, 0.3) is 0 Å². The summed E-state index contributed by atoms with van der Waals surface area (Å²) in [5.74, 6) is -1.68. The number of methoxy groups -OCH3 is 2. The van der Waals surface area contributed by atoms with Crippen LogP contribution < -0.4 is 5.32 Å². The van der Waals surface area contributed by atoms with Crippen molar-refractivity contribution >= 4 is 18.0 Å². The number of carbonyl (C=O) groups is 3. The van der Waals surface area contributed by atoms with Crippen molar-refractivity contribution in [3.05, 3.63) is 0 Å². The third-order valence-electron chi connectivity index (χ3n) is 3.46. The second-order valence-corrected chi connectivity index (χ2v) is 4.90. The Labute approximate surface area is 123 Å². The molecule has 1 aliphatic heterocycles. The lowest BCUT2D eigenvalue weighted by atomic mass is 10.1. The molecule has 2 amide bonds. The first-order chi connectivity index (χ1) is 9.97. The first kappa shape index (κ1) is 17.2. The SMILES string of the molecule is COC(=O)CC[C@H](NC(=O)N1CCCC(OC)C1)C(=O)O. The van der Waals surface area contributed by atoms with Crippen molar-refractivity contribution in [3.8, 4) is 0 Å². The number of nitrogens with zero attached hydrogens (tertiary/aromatic N) is 1. The smallest absolute Gasteiger partial charge is 0.326 e. The molecule has 1 heterocycles. The molecule has 8 nitrogen and oxygen atoms in total. The Balaban J connectivity index is 2.51. The highest BCUT2D eigenvalue weighted by molar-refractivity contribution is 5.83. The predicted octanol–water partition coefficient (Wildman–Crippen LogP) is 0.213. The third kappa shape index (κ3) is 5.58. The second-order valence-electron chi connectivity index (χ2n) is 4.90. The minimum atomic E-state index is -1.17. The Morgan fingerprint density at radius 1 is 1.38 bits per heavy atom. The van der Waals surface area contributed by atoms with Crippen molar-refractivity contribution < 1.29 is 29.0 Å². The highest BCUT2D eigenvalue weighted by Gasteiger charge is 2.27. The standard InChI is InChI=1S/C13H22N2O6/c1-20-9-4-3-7-15(8-9)13(19)14-10(12(17)18)5-6-11(16)21-2/h9-10H,3-8H2,1-2H3,(H,14,19)(H,17,18)/t9?,10-/m0/s1. The number of piperidine rings is 1. The number of carboxylic acids is 1. The van der Waals surface area contributed by atoms with E-state index in [1.54, 1.807) is 7.11 Å². The molecule has 120 valence electrons. The van der Waals surface area contributed by atoms with Gasteiger partial charge in [0, 0.05) is 26.6 Å². The number of nitrogens with one attached hydrogen (secondary N) is 1. The summed E-state index contributed by atoms with van der Waals surface area (Å²) in [6.07, 6.45) is 1.60. The fraction of sp³-hybridized carbons (Fsp3) is 0.769. The molecular weight excluding hydrogens is 280 g/mol. The van der Waals surface area contributed by atoms with E-state index >= 15 is 0 Å². The number of aliphatic carboxylic acids is 1. The Hall–Kier alpha value is -1.83. The van der Waals surface area contributed by atoms with E-state index in [-0.39, 0.29) is 18.9 Å². The molecule has 0 aliphatic carbocycles. The quantitative estimate of drug-likeness (QED) is 0.680. The highest BCUT2D eigenvalue weighted by atomic mass is 16.5. The van der Waals surface area contributed by atoms with E-state index in [1.807, 2.05) is 0 Å². The summed E-state index contributed by atoms with van der Waals surface area (Å²) >= 11 is 0. The first-order valence-corrected chi connectivity index (χ1v) is 6.85. The maximum absolute atomic E-state index is 12.1. The number of hydrogen-bond acceptors (Lipinski definition) is 5. The van der Waals surface area contributed by atoms with Gasteiger partial charge in [0.05, 0.1) is 13.2 Å². The maximum Gasteiger partial charge on any atom is 0.326 e. The van der Waals surface area contributed by atoms with Crippen molar-refractivity contribution in [1.82, 2.24) is 10.2 Å². The average molecular weight is 302 g/mol. The van der Waals surface area contributed by atoms with Crippen LogP contribution in [0.2, 0.25) is 0 Å². The van der Waals surface area contributed by atoms with Crippen LogP contribution in [0.5, 0.6) is 0 Å². The molecule has 0 aromatic rings. The molecule has 1 aliphatic rings. The minimum Gasteiger partial charge on any atom is -0.480 e. The number of urea groups is 1. The fourth-order valence-corrected chi connectivity index (χ4v) is 2.18. The summed E-state index contributed by atoms with van der Waals surface area (Å²) in [5, 5.41) is 11.5. The fourth-order valence-electron chi connectivity index (χ4n) is 2.18. The number of hydrogen-bond donors (Lipinski definition) is 2. The number of amides is 2. The van der Waals surface area contributed by atoms with E-state index in [2.05, 4.69) is 10.1 Å². The molecule has 0 saturated carbocycles. The van der Waals surface area contributed by atoms with Gasteiger partial charge in [-0.1, -0.05) is 0 Å². The summed E-state index contributed by atoms with van der Waals surface area (Å²) < 4.78 is 9.68. The van der Waals surface area contributed by atoms with Crippen LogP contribution in [0, 0.1) is 0 Å². The lowest BCUT2D eigenvalue weighted by Crippen LogP contribution is -2.52. The Morgan fingerprint density at radius 3 is 2.67 bits per heavy atom. The van der Waals surface area contributed by atoms with Crippen LogP contribution in [0.15, 0.2) is 0 Å². The van der Waals surface area contributed by atoms with E-state index in [4.69, 9.17) is 9.84 Å². The summed E-state index contributed by atoms with van der Waals surface area (Å²) in [5.41, 5.74) is 0. The van der Waals surface area contributed by atoms with E-state index in [0.717, 1.165) is 12.8 Å². The molecule has 1 saturated heterocycles. The van der Waals surface area contributed by atoms with Crippen LogP contribution in [0.1, 0.15) is 25.7 Å².